The number of nitrogens with one attached hydrogen (secondary N) is 1. The summed E-state index contributed by atoms with van der Waals surface area (Å²) in [5.74, 6) is -1.99. The van der Waals surface area contributed by atoms with Gasteiger partial charge in [-0.15, -0.1) is 0 Å². The maximum Gasteiger partial charge on any atom is 0.416 e. The normalized spacial score (nSPS) is 13.8. The second kappa shape index (κ2) is 5.45. The van der Waals surface area contributed by atoms with E-state index in [1.54, 1.807) is 0 Å². The fourth-order valence-corrected chi connectivity index (χ4v) is 3.04. The Morgan fingerprint density at radius 2 is 1.76 bits per heavy atom. The molecule has 2 amide bonds. The van der Waals surface area contributed by atoms with Crippen molar-refractivity contribution >= 4 is 33.6 Å². The maximum atomic E-state index is 13.1. The van der Waals surface area contributed by atoms with Gasteiger partial charge in [0.05, 0.1) is 22.4 Å². The first-order valence-corrected chi connectivity index (χ1v) is 7.60. The Morgan fingerprint density at radius 3 is 2.36 bits per heavy atom. The van der Waals surface area contributed by atoms with E-state index < -0.39 is 34.9 Å². The number of carbonyl (C=O) groups excluding carboxylic acids is 2. The van der Waals surface area contributed by atoms with Gasteiger partial charge in [0.15, 0.2) is 0 Å². The van der Waals surface area contributed by atoms with Gasteiger partial charge in [-0.05, 0) is 24.6 Å². The fourth-order valence-electron chi connectivity index (χ4n) is 2.59. The van der Waals surface area contributed by atoms with Crippen LogP contribution in [-0.2, 0) is 6.18 Å². The van der Waals surface area contributed by atoms with Crippen molar-refractivity contribution in [1.82, 2.24) is 9.88 Å². The first-order valence-electron chi connectivity index (χ1n) is 6.81. The number of nitrogens with zero attached hydrogens (tertiary/aromatic N) is 1. The lowest BCUT2D eigenvalue weighted by molar-refractivity contribution is -0.137. The summed E-state index contributed by atoms with van der Waals surface area (Å²) in [7, 11) is 0. The lowest BCUT2D eigenvalue weighted by Crippen LogP contribution is -2.25. The number of halogens is 4. The second-order valence-electron chi connectivity index (χ2n) is 5.38. The summed E-state index contributed by atoms with van der Waals surface area (Å²) in [4.78, 5) is 35.9. The quantitative estimate of drug-likeness (QED) is 0.699. The SMILES string of the molecule is Cc1c(Br)cc(C(F)(F)F)cc1-n1c(N)c2c(cc1=O)C(=O)NC2=O. The predicted octanol–water partition coefficient (Wildman–Crippen LogP) is 2.39. The van der Waals surface area contributed by atoms with Gasteiger partial charge in [0, 0.05) is 10.5 Å². The highest BCUT2D eigenvalue weighted by Gasteiger charge is 2.34. The fraction of sp³-hybridized carbons (Fsp3) is 0.133. The third-order valence-corrected chi connectivity index (χ3v) is 4.66. The third kappa shape index (κ3) is 2.62. The molecule has 2 aromatic rings. The van der Waals surface area contributed by atoms with Crippen molar-refractivity contribution in [3.63, 3.8) is 0 Å². The molecule has 1 aliphatic rings. The standard InChI is InChI=1S/C15H9BrF3N3O3/c1-5-8(16)2-6(15(17,18)19)3-9(5)22-10(23)4-7-11(12(22)20)14(25)21-13(7)24/h2-4H,20H2,1H3,(H,21,24,25). The van der Waals surface area contributed by atoms with Crippen molar-refractivity contribution in [2.45, 2.75) is 13.1 Å². The van der Waals surface area contributed by atoms with Gasteiger partial charge < -0.3 is 5.73 Å². The van der Waals surface area contributed by atoms with Crippen LogP contribution in [0.2, 0.25) is 0 Å². The first-order chi connectivity index (χ1) is 11.5. The van der Waals surface area contributed by atoms with E-state index in [0.717, 1.165) is 22.8 Å². The van der Waals surface area contributed by atoms with Crippen molar-refractivity contribution < 1.29 is 22.8 Å². The van der Waals surface area contributed by atoms with Gasteiger partial charge in [-0.3, -0.25) is 24.3 Å². The number of rotatable bonds is 1. The molecule has 0 saturated carbocycles. The van der Waals surface area contributed by atoms with Crippen LogP contribution < -0.4 is 16.6 Å². The zero-order valence-corrected chi connectivity index (χ0v) is 14.1. The van der Waals surface area contributed by atoms with Gasteiger partial charge in [-0.25, -0.2) is 0 Å². The summed E-state index contributed by atoms with van der Waals surface area (Å²) in [6, 6.07) is 2.52. The van der Waals surface area contributed by atoms with Crippen LogP contribution in [0.1, 0.15) is 31.8 Å². The summed E-state index contributed by atoms with van der Waals surface area (Å²) in [5, 5.41) is 1.99. The van der Waals surface area contributed by atoms with Crippen LogP contribution >= 0.6 is 15.9 Å². The van der Waals surface area contributed by atoms with Gasteiger partial charge in [-0.2, -0.15) is 13.2 Å². The van der Waals surface area contributed by atoms with E-state index in [-0.39, 0.29) is 21.3 Å². The number of amides is 2. The van der Waals surface area contributed by atoms with E-state index in [1.807, 2.05) is 5.32 Å². The van der Waals surface area contributed by atoms with Gasteiger partial charge in [-0.1, -0.05) is 15.9 Å². The Bertz CT molecular complexity index is 1010. The number of benzene rings is 1. The molecule has 3 N–H and O–H groups in total. The molecule has 0 aliphatic carbocycles. The van der Waals surface area contributed by atoms with Crippen LogP contribution in [0.3, 0.4) is 0 Å². The number of fused-ring (bicyclic) bond motifs is 1. The number of hydrogen-bond donors (Lipinski definition) is 2. The van der Waals surface area contributed by atoms with E-state index in [4.69, 9.17) is 5.73 Å². The van der Waals surface area contributed by atoms with Gasteiger partial charge in [0.1, 0.15) is 5.82 Å². The highest BCUT2D eigenvalue weighted by atomic mass is 79.9. The lowest BCUT2D eigenvalue weighted by Gasteiger charge is -2.17. The summed E-state index contributed by atoms with van der Waals surface area (Å²) >= 11 is 3.03. The van der Waals surface area contributed by atoms with Crippen LogP contribution in [0.25, 0.3) is 5.69 Å². The Balaban J connectivity index is 2.38. The average molecular weight is 416 g/mol. The van der Waals surface area contributed by atoms with Crippen molar-refractivity contribution in [2.24, 2.45) is 0 Å². The van der Waals surface area contributed by atoms with Crippen molar-refractivity contribution in [2.75, 3.05) is 5.73 Å². The Morgan fingerprint density at radius 1 is 1.12 bits per heavy atom. The molecule has 0 fully saturated rings. The van der Waals surface area contributed by atoms with Crippen LogP contribution in [0.4, 0.5) is 19.0 Å². The minimum atomic E-state index is -4.65. The van der Waals surface area contributed by atoms with Gasteiger partial charge in [0.25, 0.3) is 17.4 Å². The van der Waals surface area contributed by atoms with E-state index in [1.165, 1.54) is 6.92 Å². The molecule has 10 heteroatoms. The topological polar surface area (TPSA) is 94.2 Å². The number of nitrogen functional groups attached to an aromatic ring is 1. The minimum absolute atomic E-state index is 0.115. The average Bonchev–Trinajstić information content (AvgIpc) is 2.76. The number of anilines is 1. The molecule has 0 radical (unpaired) electrons. The minimum Gasteiger partial charge on any atom is -0.384 e. The zero-order chi connectivity index (χ0) is 18.7. The van der Waals surface area contributed by atoms with Crippen molar-refractivity contribution in [3.8, 4) is 5.69 Å². The summed E-state index contributed by atoms with van der Waals surface area (Å²) in [6.45, 7) is 1.49. The van der Waals surface area contributed by atoms with Gasteiger partial charge in [0.2, 0.25) is 0 Å². The molecule has 130 valence electrons. The molecule has 3 rings (SSSR count). The number of carbonyl (C=O) groups is 2. The summed E-state index contributed by atoms with van der Waals surface area (Å²) in [6.07, 6.45) is -4.65. The molecule has 1 aromatic carbocycles. The van der Waals surface area contributed by atoms with Crippen LogP contribution in [0, 0.1) is 6.92 Å². The number of alkyl halides is 3. The number of pyridine rings is 1. The molecule has 1 aliphatic heterocycles. The van der Waals surface area contributed by atoms with Crippen LogP contribution in [0.5, 0.6) is 0 Å². The highest BCUT2D eigenvalue weighted by molar-refractivity contribution is 9.10. The van der Waals surface area contributed by atoms with Crippen molar-refractivity contribution in [1.29, 1.82) is 0 Å². The van der Waals surface area contributed by atoms with Crippen LogP contribution in [0.15, 0.2) is 27.5 Å². The van der Waals surface area contributed by atoms with Crippen molar-refractivity contribution in [3.05, 3.63) is 55.3 Å². The molecule has 0 saturated heterocycles. The first kappa shape index (κ1) is 17.2. The highest BCUT2D eigenvalue weighted by Crippen LogP contribution is 2.36. The predicted molar refractivity (Wildman–Crippen MR) is 85.7 cm³/mol. The number of aromatic nitrogens is 1. The third-order valence-electron chi connectivity index (χ3n) is 3.84. The lowest BCUT2D eigenvalue weighted by atomic mass is 10.1. The molecule has 0 spiro atoms. The smallest absolute Gasteiger partial charge is 0.384 e. The number of nitrogens with two attached hydrogens (primary N) is 1. The molecule has 6 nitrogen and oxygen atoms in total. The molecule has 0 bridgehead atoms. The number of imide groups is 1. The Kier molecular flexibility index (Phi) is 3.75. The molecular formula is C15H9BrF3N3O3. The molecule has 0 atom stereocenters. The van der Waals surface area contributed by atoms with E-state index in [2.05, 4.69) is 15.9 Å². The van der Waals surface area contributed by atoms with E-state index in [9.17, 15) is 27.6 Å². The van der Waals surface area contributed by atoms with Gasteiger partial charge >= 0.3 is 6.18 Å². The Labute approximate surface area is 146 Å². The van der Waals surface area contributed by atoms with E-state index in [0.29, 0.717) is 5.56 Å². The maximum absolute atomic E-state index is 13.1. The largest absolute Gasteiger partial charge is 0.416 e. The molecular weight excluding hydrogens is 407 g/mol. The monoisotopic (exact) mass is 415 g/mol. The summed E-state index contributed by atoms with van der Waals surface area (Å²) in [5.41, 5.74) is 3.77. The van der Waals surface area contributed by atoms with E-state index >= 15 is 0 Å². The molecule has 25 heavy (non-hydrogen) atoms. The van der Waals surface area contributed by atoms with Crippen LogP contribution in [-0.4, -0.2) is 16.4 Å². The molecule has 1 aromatic heterocycles. The Hall–Kier alpha value is -2.62. The zero-order valence-electron chi connectivity index (χ0n) is 12.5. The number of hydrogen-bond acceptors (Lipinski definition) is 4. The molecule has 0 unspecified atom stereocenters. The second-order valence-corrected chi connectivity index (χ2v) is 6.23. The molecule has 2 heterocycles. The summed E-state index contributed by atoms with van der Waals surface area (Å²) < 4.78 is 40.1.